The van der Waals surface area contributed by atoms with Gasteiger partial charge in [-0.3, -0.25) is 4.68 Å². The number of aromatic nitrogens is 4. The third kappa shape index (κ3) is 4.45. The topological polar surface area (TPSA) is 73.1 Å². The second kappa shape index (κ2) is 7.40. The summed E-state index contributed by atoms with van der Waals surface area (Å²) in [5, 5.41) is 5.00. The van der Waals surface area contributed by atoms with E-state index in [4.69, 9.17) is 27.9 Å². The second-order valence-corrected chi connectivity index (χ2v) is 7.99. The first-order valence-electron chi connectivity index (χ1n) is 8.43. The zero-order valence-electron chi connectivity index (χ0n) is 14.9. The van der Waals surface area contributed by atoms with Gasteiger partial charge in [-0.15, -0.1) is 0 Å². The normalized spacial score (nSPS) is 16.0. The fourth-order valence-electron chi connectivity index (χ4n) is 2.85. The molecule has 140 valence electrons. The van der Waals surface area contributed by atoms with Gasteiger partial charge in [-0.2, -0.15) is 5.10 Å². The molecule has 1 fully saturated rings. The van der Waals surface area contributed by atoms with Crippen LogP contribution < -0.4 is 0 Å². The molecule has 0 aliphatic carbocycles. The number of likely N-dealkylation sites (tertiary alicyclic amines) is 1. The average Bonchev–Trinajstić information content (AvgIpc) is 3.05. The maximum absolute atomic E-state index is 12.2. The number of ether oxygens (including phenoxy) is 1. The van der Waals surface area contributed by atoms with Crippen LogP contribution in [0.3, 0.4) is 0 Å². The summed E-state index contributed by atoms with van der Waals surface area (Å²) < 4.78 is 7.32. The van der Waals surface area contributed by atoms with Gasteiger partial charge in [0.15, 0.2) is 0 Å². The summed E-state index contributed by atoms with van der Waals surface area (Å²) in [7, 11) is 0. The molecule has 1 aliphatic heterocycles. The van der Waals surface area contributed by atoms with E-state index in [1.807, 2.05) is 31.6 Å². The van der Waals surface area contributed by atoms with Crippen molar-refractivity contribution in [2.45, 2.75) is 45.3 Å². The van der Waals surface area contributed by atoms with Crippen molar-refractivity contribution in [3.8, 4) is 11.3 Å². The van der Waals surface area contributed by atoms with Crippen LogP contribution in [0.4, 0.5) is 4.79 Å². The van der Waals surface area contributed by atoms with E-state index in [0.29, 0.717) is 23.8 Å². The Balaban J connectivity index is 1.65. The number of amides is 1. The molecule has 1 saturated heterocycles. The molecule has 0 unspecified atom stereocenters. The number of piperidine rings is 1. The molecule has 0 saturated carbocycles. The predicted octanol–water partition coefficient (Wildman–Crippen LogP) is 4.22. The van der Waals surface area contributed by atoms with E-state index in [-0.39, 0.29) is 17.4 Å². The molecule has 0 N–H and O–H groups in total. The second-order valence-electron chi connectivity index (χ2n) is 7.24. The number of hydrogen-bond donors (Lipinski definition) is 0. The average molecular weight is 398 g/mol. The van der Waals surface area contributed by atoms with Gasteiger partial charge < -0.3 is 9.64 Å². The van der Waals surface area contributed by atoms with Crippen molar-refractivity contribution >= 4 is 29.3 Å². The number of halogens is 2. The number of hydrogen-bond acceptors (Lipinski definition) is 5. The van der Waals surface area contributed by atoms with E-state index < -0.39 is 5.60 Å². The summed E-state index contributed by atoms with van der Waals surface area (Å²) >= 11 is 12.0. The van der Waals surface area contributed by atoms with Gasteiger partial charge in [0.2, 0.25) is 5.28 Å². The summed E-state index contributed by atoms with van der Waals surface area (Å²) in [6.07, 6.45) is 6.43. The van der Waals surface area contributed by atoms with Gasteiger partial charge in [0, 0.05) is 24.8 Å². The smallest absolute Gasteiger partial charge is 0.410 e. The highest BCUT2D eigenvalue weighted by atomic mass is 35.5. The van der Waals surface area contributed by atoms with Gasteiger partial charge >= 0.3 is 6.09 Å². The molecule has 7 nitrogen and oxygen atoms in total. The Morgan fingerprint density at radius 1 is 1.23 bits per heavy atom. The van der Waals surface area contributed by atoms with E-state index in [1.165, 1.54) is 6.20 Å². The number of carbonyl (C=O) groups is 1. The zero-order chi connectivity index (χ0) is 18.9. The van der Waals surface area contributed by atoms with Crippen molar-refractivity contribution in [2.24, 2.45) is 0 Å². The molecule has 1 amide bonds. The highest BCUT2D eigenvalue weighted by Gasteiger charge is 2.28. The summed E-state index contributed by atoms with van der Waals surface area (Å²) in [6, 6.07) is 0.207. The first-order chi connectivity index (χ1) is 12.2. The summed E-state index contributed by atoms with van der Waals surface area (Å²) in [4.78, 5) is 21.9. The largest absolute Gasteiger partial charge is 0.444 e. The van der Waals surface area contributed by atoms with E-state index in [1.54, 1.807) is 11.1 Å². The van der Waals surface area contributed by atoms with Crippen LogP contribution in [0.15, 0.2) is 18.6 Å². The van der Waals surface area contributed by atoms with Gasteiger partial charge in [-0.25, -0.2) is 14.8 Å². The van der Waals surface area contributed by atoms with Gasteiger partial charge in [0.25, 0.3) is 0 Å². The van der Waals surface area contributed by atoms with Crippen LogP contribution in [0.2, 0.25) is 10.3 Å². The summed E-state index contributed by atoms with van der Waals surface area (Å²) in [6.45, 7) is 6.87. The minimum atomic E-state index is -0.483. The predicted molar refractivity (Wildman–Crippen MR) is 99.4 cm³/mol. The SMILES string of the molecule is CC(C)(C)OC(=O)N1CCC(n2cc(-c3nc(Cl)ncc3Cl)cn2)CC1. The minimum Gasteiger partial charge on any atom is -0.444 e. The maximum atomic E-state index is 12.2. The first-order valence-corrected chi connectivity index (χ1v) is 9.19. The minimum absolute atomic E-state index is 0.141. The highest BCUT2D eigenvalue weighted by Crippen LogP contribution is 2.29. The highest BCUT2D eigenvalue weighted by molar-refractivity contribution is 6.33. The lowest BCUT2D eigenvalue weighted by Gasteiger charge is -2.33. The molecule has 3 heterocycles. The maximum Gasteiger partial charge on any atom is 0.410 e. The molecule has 0 atom stereocenters. The molecule has 9 heteroatoms. The van der Waals surface area contributed by atoms with Gasteiger partial charge in [0.05, 0.1) is 29.2 Å². The Morgan fingerprint density at radius 2 is 1.92 bits per heavy atom. The van der Waals surface area contributed by atoms with Gasteiger partial charge in [-0.05, 0) is 45.2 Å². The number of rotatable bonds is 2. The molecule has 2 aromatic rings. The molecular formula is C17H21Cl2N5O2. The fraction of sp³-hybridized carbons (Fsp3) is 0.529. The fourth-order valence-corrected chi connectivity index (χ4v) is 3.18. The van der Waals surface area contributed by atoms with Crippen LogP contribution in [0, 0.1) is 0 Å². The molecule has 0 radical (unpaired) electrons. The molecule has 0 spiro atoms. The van der Waals surface area contributed by atoms with Crippen LogP contribution in [0.5, 0.6) is 0 Å². The van der Waals surface area contributed by atoms with Crippen molar-refractivity contribution in [2.75, 3.05) is 13.1 Å². The molecule has 2 aromatic heterocycles. The third-order valence-corrected chi connectivity index (χ3v) is 4.54. The van der Waals surface area contributed by atoms with Crippen molar-refractivity contribution in [3.63, 3.8) is 0 Å². The third-order valence-electron chi connectivity index (χ3n) is 4.08. The molecular weight excluding hydrogens is 377 g/mol. The van der Waals surface area contributed by atoms with Gasteiger partial charge in [0.1, 0.15) is 5.60 Å². The van der Waals surface area contributed by atoms with Crippen LogP contribution in [-0.4, -0.2) is 49.4 Å². The van der Waals surface area contributed by atoms with E-state index in [0.717, 1.165) is 18.4 Å². The Bertz CT molecular complexity index is 795. The van der Waals surface area contributed by atoms with Crippen LogP contribution in [0.1, 0.15) is 39.7 Å². The van der Waals surface area contributed by atoms with Crippen LogP contribution in [-0.2, 0) is 4.74 Å². The molecule has 1 aliphatic rings. The standard InChI is InChI=1S/C17H21Cl2N5O2/c1-17(2,3)26-16(25)23-6-4-12(5-7-23)24-10-11(8-21-24)14-13(18)9-20-15(19)22-14/h8-10,12H,4-7H2,1-3H3. The zero-order valence-corrected chi connectivity index (χ0v) is 16.5. The van der Waals surface area contributed by atoms with E-state index in [9.17, 15) is 4.79 Å². The lowest BCUT2D eigenvalue weighted by Crippen LogP contribution is -2.42. The van der Waals surface area contributed by atoms with Crippen molar-refractivity contribution in [1.29, 1.82) is 0 Å². The lowest BCUT2D eigenvalue weighted by atomic mass is 10.1. The van der Waals surface area contributed by atoms with Crippen LogP contribution in [0.25, 0.3) is 11.3 Å². The quantitative estimate of drug-likeness (QED) is 0.709. The Morgan fingerprint density at radius 3 is 2.58 bits per heavy atom. The Labute approximate surface area is 162 Å². The van der Waals surface area contributed by atoms with Gasteiger partial charge in [-0.1, -0.05) is 11.6 Å². The molecule has 0 aromatic carbocycles. The summed E-state index contributed by atoms with van der Waals surface area (Å²) in [5.74, 6) is 0. The van der Waals surface area contributed by atoms with Crippen molar-refractivity contribution < 1.29 is 9.53 Å². The number of nitrogens with zero attached hydrogens (tertiary/aromatic N) is 5. The Kier molecular flexibility index (Phi) is 5.39. The molecule has 0 bridgehead atoms. The Hall–Kier alpha value is -1.86. The molecule has 26 heavy (non-hydrogen) atoms. The lowest BCUT2D eigenvalue weighted by molar-refractivity contribution is 0.0185. The monoisotopic (exact) mass is 397 g/mol. The first kappa shape index (κ1) is 18.9. The number of carbonyl (C=O) groups excluding carboxylic acids is 1. The van der Waals surface area contributed by atoms with E-state index in [2.05, 4.69) is 15.1 Å². The van der Waals surface area contributed by atoms with E-state index >= 15 is 0 Å². The summed E-state index contributed by atoms with van der Waals surface area (Å²) in [5.41, 5.74) is 0.862. The van der Waals surface area contributed by atoms with Crippen molar-refractivity contribution in [3.05, 3.63) is 28.9 Å². The van der Waals surface area contributed by atoms with Crippen LogP contribution >= 0.6 is 23.2 Å². The van der Waals surface area contributed by atoms with Crippen molar-refractivity contribution in [1.82, 2.24) is 24.6 Å². The molecule has 3 rings (SSSR count).